The van der Waals surface area contributed by atoms with Crippen molar-refractivity contribution in [3.8, 4) is 0 Å². The molecule has 0 aliphatic heterocycles. The standard InChI is InChI=1S/C3HFO5/c4-1(5)2(6)9-3(7)8/h(H,7,8). The Morgan fingerprint density at radius 3 is 1.89 bits per heavy atom. The summed E-state index contributed by atoms with van der Waals surface area (Å²) in [5, 5.41) is 7.57. The second-order valence-corrected chi connectivity index (χ2v) is 0.929. The van der Waals surface area contributed by atoms with Crippen molar-refractivity contribution < 1.29 is 28.6 Å². The summed E-state index contributed by atoms with van der Waals surface area (Å²) in [4.78, 5) is 28.3. The van der Waals surface area contributed by atoms with Gasteiger partial charge in [0.05, 0.1) is 0 Å². The number of rotatable bonds is 1. The second-order valence-electron chi connectivity index (χ2n) is 0.929. The van der Waals surface area contributed by atoms with Gasteiger partial charge in [-0.15, -0.1) is 0 Å². The fourth-order valence-electron chi connectivity index (χ4n) is 0.119. The van der Waals surface area contributed by atoms with Crippen LogP contribution in [0.25, 0.3) is 0 Å². The maximum atomic E-state index is 11.1. The summed E-state index contributed by atoms with van der Waals surface area (Å²) in [6.07, 6.45) is -2.01. The summed E-state index contributed by atoms with van der Waals surface area (Å²) in [5.74, 6) is -2.03. The van der Waals surface area contributed by atoms with Crippen molar-refractivity contribution in [3.63, 3.8) is 0 Å². The number of carboxylic acid groups (broad SMARTS) is 1. The molecule has 0 amide bonds. The van der Waals surface area contributed by atoms with Gasteiger partial charge in [-0.3, -0.25) is 0 Å². The van der Waals surface area contributed by atoms with Crippen LogP contribution < -0.4 is 0 Å². The maximum absolute atomic E-state index is 11.1. The highest BCUT2D eigenvalue weighted by Crippen LogP contribution is 1.81. The first-order valence-electron chi connectivity index (χ1n) is 1.68. The molecule has 0 rings (SSSR count). The fourth-order valence-corrected chi connectivity index (χ4v) is 0.119. The molecule has 0 radical (unpaired) electrons. The Hall–Kier alpha value is -1.46. The largest absolute Gasteiger partial charge is 0.514 e. The van der Waals surface area contributed by atoms with E-state index in [9.17, 15) is 18.8 Å². The Morgan fingerprint density at radius 1 is 1.33 bits per heavy atom. The number of hydrogen-bond donors (Lipinski definition) is 1. The van der Waals surface area contributed by atoms with Crippen molar-refractivity contribution in [2.24, 2.45) is 0 Å². The average molecular weight is 136 g/mol. The Morgan fingerprint density at radius 2 is 1.78 bits per heavy atom. The normalized spacial score (nSPS) is 8.11. The molecule has 0 fully saturated rings. The van der Waals surface area contributed by atoms with Gasteiger partial charge in [0, 0.05) is 0 Å². The van der Waals surface area contributed by atoms with Gasteiger partial charge in [-0.25, -0.2) is 14.4 Å². The molecule has 0 saturated heterocycles. The van der Waals surface area contributed by atoms with E-state index in [-0.39, 0.29) is 0 Å². The average Bonchev–Trinajstić information content (AvgIpc) is 1.63. The first-order chi connectivity index (χ1) is 4.04. The molecule has 0 heterocycles. The molecule has 6 heteroatoms. The number of halogens is 1. The quantitative estimate of drug-likeness (QED) is 0.231. The number of carbonyl (C=O) groups is 3. The summed E-state index contributed by atoms with van der Waals surface area (Å²) in [6, 6.07) is -2.43. The Labute approximate surface area is 48.0 Å². The van der Waals surface area contributed by atoms with Crippen LogP contribution in [0.2, 0.25) is 0 Å². The van der Waals surface area contributed by atoms with Gasteiger partial charge in [-0.2, -0.15) is 4.39 Å². The van der Waals surface area contributed by atoms with Gasteiger partial charge in [0.25, 0.3) is 0 Å². The van der Waals surface area contributed by atoms with Crippen LogP contribution in [0.1, 0.15) is 0 Å². The van der Waals surface area contributed by atoms with E-state index in [2.05, 4.69) is 4.74 Å². The van der Waals surface area contributed by atoms with Crippen LogP contribution >= 0.6 is 0 Å². The molecule has 0 aromatic heterocycles. The van der Waals surface area contributed by atoms with Crippen molar-refractivity contribution in [2.75, 3.05) is 0 Å². The summed E-state index contributed by atoms with van der Waals surface area (Å²) < 4.78 is 14.1. The topological polar surface area (TPSA) is 80.7 Å². The van der Waals surface area contributed by atoms with Gasteiger partial charge in [0.2, 0.25) is 0 Å². The van der Waals surface area contributed by atoms with Crippen LogP contribution in [0.3, 0.4) is 0 Å². The van der Waals surface area contributed by atoms with Crippen LogP contribution in [0.5, 0.6) is 0 Å². The van der Waals surface area contributed by atoms with Crippen molar-refractivity contribution in [2.45, 2.75) is 0 Å². The van der Waals surface area contributed by atoms with Gasteiger partial charge >= 0.3 is 18.2 Å². The van der Waals surface area contributed by atoms with E-state index in [1.165, 1.54) is 0 Å². The highest BCUT2D eigenvalue weighted by molar-refractivity contribution is 6.30. The van der Waals surface area contributed by atoms with Crippen LogP contribution in [0, 0.1) is 0 Å². The van der Waals surface area contributed by atoms with E-state index in [4.69, 9.17) is 5.11 Å². The third-order valence-electron chi connectivity index (χ3n) is 0.340. The minimum absolute atomic E-state index is 2.01. The molecule has 0 aromatic carbocycles. The lowest BCUT2D eigenvalue weighted by Crippen LogP contribution is -2.15. The summed E-state index contributed by atoms with van der Waals surface area (Å²) in [6.45, 7) is 0. The smallest absolute Gasteiger partial charge is 0.449 e. The predicted octanol–water partition coefficient (Wildman–Crippen LogP) is -0.296. The summed E-state index contributed by atoms with van der Waals surface area (Å²) >= 11 is 0. The molecular weight excluding hydrogens is 135 g/mol. The lowest BCUT2D eigenvalue weighted by Gasteiger charge is -1.87. The SMILES string of the molecule is O=C(O)OC(=O)C(=O)F. The van der Waals surface area contributed by atoms with Gasteiger partial charge in [0.15, 0.2) is 0 Å². The number of ether oxygens (including phenoxy) is 1. The first kappa shape index (κ1) is 7.54. The van der Waals surface area contributed by atoms with E-state index >= 15 is 0 Å². The van der Waals surface area contributed by atoms with Crippen molar-refractivity contribution in [3.05, 3.63) is 0 Å². The Kier molecular flexibility index (Phi) is 2.31. The molecule has 0 atom stereocenters. The zero-order valence-corrected chi connectivity index (χ0v) is 3.96. The zero-order valence-electron chi connectivity index (χ0n) is 3.96. The molecule has 9 heavy (non-hydrogen) atoms. The monoisotopic (exact) mass is 136 g/mol. The third kappa shape index (κ3) is 3.15. The summed E-state index contributed by atoms with van der Waals surface area (Å²) in [5.41, 5.74) is 0. The summed E-state index contributed by atoms with van der Waals surface area (Å²) in [7, 11) is 0. The molecule has 0 spiro atoms. The van der Waals surface area contributed by atoms with Crippen molar-refractivity contribution in [1.82, 2.24) is 0 Å². The van der Waals surface area contributed by atoms with Gasteiger partial charge < -0.3 is 9.84 Å². The van der Waals surface area contributed by atoms with Crippen molar-refractivity contribution >= 4 is 18.2 Å². The molecule has 0 aliphatic carbocycles. The van der Waals surface area contributed by atoms with E-state index in [1.807, 2.05) is 0 Å². The molecule has 5 nitrogen and oxygen atoms in total. The molecule has 50 valence electrons. The second kappa shape index (κ2) is 2.75. The van der Waals surface area contributed by atoms with Crippen LogP contribution in [-0.2, 0) is 14.3 Å². The highest BCUT2D eigenvalue weighted by atomic mass is 19.1. The zero-order chi connectivity index (χ0) is 7.44. The minimum atomic E-state index is -2.43. The molecule has 1 N–H and O–H groups in total. The fraction of sp³-hybridized carbons (Fsp3) is 0. The number of carbonyl (C=O) groups excluding carboxylic acids is 2. The van der Waals surface area contributed by atoms with E-state index in [0.29, 0.717) is 0 Å². The molecule has 0 aromatic rings. The lowest BCUT2D eigenvalue weighted by atomic mass is 10.7. The third-order valence-corrected chi connectivity index (χ3v) is 0.340. The van der Waals surface area contributed by atoms with Gasteiger partial charge in [-0.05, 0) is 0 Å². The maximum Gasteiger partial charge on any atom is 0.514 e. The number of esters is 1. The molecule has 0 bridgehead atoms. The molecular formula is C3HFO5. The molecule has 0 unspecified atom stereocenters. The Balaban J connectivity index is 3.79. The lowest BCUT2D eigenvalue weighted by molar-refractivity contribution is -0.156. The van der Waals surface area contributed by atoms with Gasteiger partial charge in [-0.1, -0.05) is 0 Å². The van der Waals surface area contributed by atoms with Crippen LogP contribution in [-0.4, -0.2) is 23.3 Å². The van der Waals surface area contributed by atoms with Crippen molar-refractivity contribution in [1.29, 1.82) is 0 Å². The predicted molar refractivity (Wildman–Crippen MR) is 20.2 cm³/mol. The van der Waals surface area contributed by atoms with E-state index in [0.717, 1.165) is 0 Å². The Bertz CT molecular complexity index is 162. The first-order valence-corrected chi connectivity index (χ1v) is 1.68. The number of hydrogen-bond acceptors (Lipinski definition) is 4. The molecule has 0 saturated carbocycles. The molecule has 0 aliphatic rings. The van der Waals surface area contributed by atoms with Crippen LogP contribution in [0.15, 0.2) is 0 Å². The van der Waals surface area contributed by atoms with Gasteiger partial charge in [0.1, 0.15) is 0 Å². The van der Waals surface area contributed by atoms with Crippen LogP contribution in [0.4, 0.5) is 9.18 Å². The van der Waals surface area contributed by atoms with E-state index < -0.39 is 18.2 Å². The van der Waals surface area contributed by atoms with E-state index in [1.54, 1.807) is 0 Å². The highest BCUT2D eigenvalue weighted by Gasteiger charge is 2.17. The minimum Gasteiger partial charge on any atom is -0.449 e.